The van der Waals surface area contributed by atoms with E-state index in [0.717, 1.165) is 0 Å². The predicted octanol–water partition coefficient (Wildman–Crippen LogP) is 1.32. The van der Waals surface area contributed by atoms with Crippen molar-refractivity contribution < 1.29 is 12.1 Å². The molecule has 2 N–H and O–H groups in total. The Balaban J connectivity index is 3.53. The molecule has 0 heterocycles. The molecule has 0 amide bonds. The first kappa shape index (κ1) is 5.06. The number of nitrogen functional groups attached to an aromatic ring is 1. The Kier molecular flexibility index (Phi) is 1.16. The molecule has 0 saturated heterocycles. The molecule has 0 atom stereocenters. The van der Waals surface area contributed by atoms with Crippen LogP contribution in [0.3, 0.4) is 0 Å². The number of benzene rings is 1. The van der Waals surface area contributed by atoms with Crippen LogP contribution in [0.4, 0.5) is 15.8 Å². The Morgan fingerprint density at radius 3 is 3.00 bits per heavy atom. The standard InChI is InChI=1S/C6H5FN2O2/c7-5-2-1-4(9(10)11)3-6(5)8/h1-3H,8H2/i1D,3D. The van der Waals surface area contributed by atoms with Gasteiger partial charge < -0.3 is 5.73 Å². The number of nitrogens with two attached hydrogens (primary N) is 1. The van der Waals surface area contributed by atoms with Crippen LogP contribution in [0.15, 0.2) is 18.2 Å². The Hall–Kier alpha value is -1.65. The van der Waals surface area contributed by atoms with Gasteiger partial charge in [-0.25, -0.2) is 4.39 Å². The third-order valence-corrected chi connectivity index (χ3v) is 1.03. The molecule has 0 unspecified atom stereocenters. The highest BCUT2D eigenvalue weighted by Gasteiger charge is 2.07. The van der Waals surface area contributed by atoms with E-state index < -0.39 is 34.2 Å². The summed E-state index contributed by atoms with van der Waals surface area (Å²) in [7, 11) is 0. The van der Waals surface area contributed by atoms with E-state index >= 15 is 0 Å². The van der Waals surface area contributed by atoms with E-state index in [-0.39, 0.29) is 0 Å². The first-order valence-corrected chi connectivity index (χ1v) is 2.64. The van der Waals surface area contributed by atoms with E-state index in [1.54, 1.807) is 0 Å². The quantitative estimate of drug-likeness (QED) is 0.380. The first-order valence-electron chi connectivity index (χ1n) is 3.64. The van der Waals surface area contributed by atoms with Gasteiger partial charge in [0.05, 0.1) is 13.4 Å². The average Bonchev–Trinajstić information content (AvgIpc) is 1.99. The van der Waals surface area contributed by atoms with Crippen molar-refractivity contribution in [2.75, 3.05) is 5.73 Å². The van der Waals surface area contributed by atoms with E-state index in [1.807, 2.05) is 0 Å². The lowest BCUT2D eigenvalue weighted by atomic mass is 10.3. The van der Waals surface area contributed by atoms with Crippen LogP contribution in [-0.4, -0.2) is 4.92 Å². The number of nitrogens with zero attached hydrogens (tertiary/aromatic N) is 1. The molecule has 0 saturated carbocycles. The summed E-state index contributed by atoms with van der Waals surface area (Å²) in [6.07, 6.45) is 0. The second-order valence-corrected chi connectivity index (χ2v) is 1.78. The average molecular weight is 158 g/mol. The van der Waals surface area contributed by atoms with Gasteiger partial charge in [0.1, 0.15) is 5.82 Å². The normalized spacial score (nSPS) is 12.1. The summed E-state index contributed by atoms with van der Waals surface area (Å²) in [4.78, 5) is 9.36. The van der Waals surface area contributed by atoms with Crippen LogP contribution in [-0.2, 0) is 0 Å². The molecule has 0 aliphatic rings. The number of halogens is 1. The summed E-state index contributed by atoms with van der Waals surface area (Å²) in [6.45, 7) is 0. The second-order valence-electron chi connectivity index (χ2n) is 1.78. The van der Waals surface area contributed by atoms with Crippen molar-refractivity contribution in [3.63, 3.8) is 0 Å². The van der Waals surface area contributed by atoms with Gasteiger partial charge in [-0.2, -0.15) is 0 Å². The Labute approximate surface area is 64.4 Å². The molecule has 0 spiro atoms. The topological polar surface area (TPSA) is 69.2 Å². The minimum Gasteiger partial charge on any atom is -0.396 e. The maximum atomic E-state index is 12.7. The number of hydrogen-bond acceptors (Lipinski definition) is 3. The summed E-state index contributed by atoms with van der Waals surface area (Å²) >= 11 is 0. The molecule has 0 aliphatic heterocycles. The Morgan fingerprint density at radius 2 is 2.45 bits per heavy atom. The summed E-state index contributed by atoms with van der Waals surface area (Å²) < 4.78 is 26.8. The number of nitro groups is 1. The van der Waals surface area contributed by atoms with Gasteiger partial charge in [0.2, 0.25) is 0 Å². The number of rotatable bonds is 1. The predicted molar refractivity (Wildman–Crippen MR) is 37.5 cm³/mol. The monoisotopic (exact) mass is 158 g/mol. The van der Waals surface area contributed by atoms with Crippen LogP contribution in [0.1, 0.15) is 2.74 Å². The molecule has 1 aromatic rings. The maximum Gasteiger partial charge on any atom is 0.271 e. The van der Waals surface area contributed by atoms with Gasteiger partial charge in [0, 0.05) is 12.1 Å². The second kappa shape index (κ2) is 2.53. The first-order chi connectivity index (χ1) is 5.95. The minimum atomic E-state index is -0.986. The lowest BCUT2D eigenvalue weighted by Crippen LogP contribution is -1.93. The molecule has 0 aliphatic carbocycles. The van der Waals surface area contributed by atoms with Crippen molar-refractivity contribution in [1.82, 2.24) is 0 Å². The molecule has 1 rings (SSSR count). The molecular formula is C6H5FN2O2. The molecule has 5 heteroatoms. The van der Waals surface area contributed by atoms with E-state index in [9.17, 15) is 14.5 Å². The largest absolute Gasteiger partial charge is 0.396 e. The lowest BCUT2D eigenvalue weighted by Gasteiger charge is -1.94. The van der Waals surface area contributed by atoms with E-state index in [1.165, 1.54) is 0 Å². The zero-order valence-electron chi connectivity index (χ0n) is 7.30. The molecule has 0 radical (unpaired) electrons. The molecule has 1 aromatic carbocycles. The van der Waals surface area contributed by atoms with E-state index in [2.05, 4.69) is 0 Å². The Bertz CT molecular complexity index is 383. The number of anilines is 1. The van der Waals surface area contributed by atoms with Crippen LogP contribution in [0.5, 0.6) is 0 Å². The molecule has 58 valence electrons. The van der Waals surface area contributed by atoms with Crippen molar-refractivity contribution in [2.45, 2.75) is 0 Å². The van der Waals surface area contributed by atoms with Crippen LogP contribution >= 0.6 is 0 Å². The fourth-order valence-electron chi connectivity index (χ4n) is 0.531. The molecule has 0 aromatic heterocycles. The van der Waals surface area contributed by atoms with E-state index in [0.29, 0.717) is 6.07 Å². The van der Waals surface area contributed by atoms with Crippen molar-refractivity contribution in [2.24, 2.45) is 0 Å². The zero-order valence-corrected chi connectivity index (χ0v) is 5.30. The zero-order chi connectivity index (χ0) is 10.2. The minimum absolute atomic E-state index is 0.609. The van der Waals surface area contributed by atoms with Crippen molar-refractivity contribution in [3.05, 3.63) is 34.1 Å². The van der Waals surface area contributed by atoms with Gasteiger partial charge in [-0.1, -0.05) is 0 Å². The van der Waals surface area contributed by atoms with Gasteiger partial charge in [-0.05, 0) is 6.07 Å². The van der Waals surface area contributed by atoms with Gasteiger partial charge in [0.25, 0.3) is 5.69 Å². The van der Waals surface area contributed by atoms with Crippen LogP contribution in [0.2, 0.25) is 0 Å². The molecule has 4 nitrogen and oxygen atoms in total. The fourth-order valence-corrected chi connectivity index (χ4v) is 0.531. The lowest BCUT2D eigenvalue weighted by molar-refractivity contribution is -0.384. The summed E-state index contributed by atoms with van der Waals surface area (Å²) in [5.41, 5.74) is 3.65. The third kappa shape index (κ3) is 1.43. The number of hydrogen-bond donors (Lipinski definition) is 1. The van der Waals surface area contributed by atoms with Crippen molar-refractivity contribution in [1.29, 1.82) is 0 Å². The third-order valence-electron chi connectivity index (χ3n) is 1.03. The molecule has 0 fully saturated rings. The van der Waals surface area contributed by atoms with Gasteiger partial charge in [-0.15, -0.1) is 0 Å². The Morgan fingerprint density at radius 1 is 1.82 bits per heavy atom. The smallest absolute Gasteiger partial charge is 0.271 e. The summed E-state index contributed by atoms with van der Waals surface area (Å²) in [5, 5.41) is 10.3. The van der Waals surface area contributed by atoms with Crippen molar-refractivity contribution >= 4 is 11.4 Å². The highest BCUT2D eigenvalue weighted by Crippen LogP contribution is 2.17. The molecule has 0 bridgehead atoms. The van der Waals surface area contributed by atoms with Crippen LogP contribution in [0, 0.1) is 15.9 Å². The van der Waals surface area contributed by atoms with Gasteiger partial charge in [0.15, 0.2) is 0 Å². The highest BCUT2D eigenvalue weighted by atomic mass is 19.1. The molecular weight excluding hydrogens is 151 g/mol. The SMILES string of the molecule is [2H]c1cc(F)c(N)c([2H])c1[N+](=O)[O-]. The summed E-state index contributed by atoms with van der Waals surface area (Å²) in [5.74, 6) is -0.986. The highest BCUT2D eigenvalue weighted by molar-refractivity contribution is 5.48. The van der Waals surface area contributed by atoms with Crippen LogP contribution in [0.25, 0.3) is 0 Å². The summed E-state index contributed by atoms with van der Waals surface area (Å²) in [6, 6.07) is -0.789. The van der Waals surface area contributed by atoms with Gasteiger partial charge >= 0.3 is 0 Å². The van der Waals surface area contributed by atoms with Crippen LogP contribution < -0.4 is 5.73 Å². The number of nitro benzene ring substituents is 1. The van der Waals surface area contributed by atoms with E-state index in [4.69, 9.17) is 8.48 Å². The molecule has 11 heavy (non-hydrogen) atoms. The maximum absolute atomic E-state index is 12.7. The fraction of sp³-hybridized carbons (Fsp3) is 0. The van der Waals surface area contributed by atoms with Crippen molar-refractivity contribution in [3.8, 4) is 0 Å². The van der Waals surface area contributed by atoms with Gasteiger partial charge in [-0.3, -0.25) is 10.1 Å².